The van der Waals surface area contributed by atoms with Crippen LogP contribution >= 0.6 is 0 Å². The summed E-state index contributed by atoms with van der Waals surface area (Å²) in [4.78, 5) is 0. The van der Waals surface area contributed by atoms with E-state index in [9.17, 15) is 0 Å². The Morgan fingerprint density at radius 3 is 3.15 bits per heavy atom. The zero-order valence-electron chi connectivity index (χ0n) is 7.87. The number of terminal acetylenes is 1. The number of allylic oxidation sites excluding steroid dienone is 1. The predicted molar refractivity (Wildman–Crippen MR) is 52.1 cm³/mol. The van der Waals surface area contributed by atoms with Crippen molar-refractivity contribution in [2.75, 3.05) is 13.2 Å². The molecule has 1 heterocycles. The summed E-state index contributed by atoms with van der Waals surface area (Å²) < 4.78 is 10.9. The Kier molecular flexibility index (Phi) is 5.31. The average molecular weight is 180 g/mol. The molecule has 1 fully saturated rings. The maximum atomic E-state index is 5.49. The van der Waals surface area contributed by atoms with Gasteiger partial charge in [0.2, 0.25) is 0 Å². The molecule has 0 aromatic rings. The first-order valence-electron chi connectivity index (χ1n) is 4.78. The summed E-state index contributed by atoms with van der Waals surface area (Å²) in [6.45, 7) is 1.54. The Bertz CT molecular complexity index is 185. The molecule has 1 aliphatic rings. The van der Waals surface area contributed by atoms with Crippen molar-refractivity contribution in [1.82, 2.24) is 0 Å². The quantitative estimate of drug-likeness (QED) is 0.487. The maximum absolute atomic E-state index is 5.49. The molecule has 1 saturated heterocycles. The van der Waals surface area contributed by atoms with Gasteiger partial charge in [-0.2, -0.15) is 0 Å². The second-order valence-corrected chi connectivity index (χ2v) is 3.02. The van der Waals surface area contributed by atoms with E-state index < -0.39 is 0 Å². The summed E-state index contributed by atoms with van der Waals surface area (Å²) in [6, 6.07) is 0. The van der Waals surface area contributed by atoms with Gasteiger partial charge < -0.3 is 9.47 Å². The fourth-order valence-corrected chi connectivity index (χ4v) is 1.26. The third-order valence-electron chi connectivity index (χ3n) is 1.94. The van der Waals surface area contributed by atoms with E-state index in [1.807, 2.05) is 6.08 Å². The van der Waals surface area contributed by atoms with Crippen LogP contribution in [0.1, 0.15) is 25.7 Å². The smallest absolute Gasteiger partial charge is 0.157 e. The van der Waals surface area contributed by atoms with Crippen molar-refractivity contribution in [2.45, 2.75) is 32.0 Å². The first kappa shape index (κ1) is 10.3. The highest BCUT2D eigenvalue weighted by Crippen LogP contribution is 2.13. The van der Waals surface area contributed by atoms with Gasteiger partial charge in [0.05, 0.1) is 6.61 Å². The third-order valence-corrected chi connectivity index (χ3v) is 1.94. The van der Waals surface area contributed by atoms with Crippen LogP contribution in [0.25, 0.3) is 0 Å². The molecule has 1 aliphatic heterocycles. The monoisotopic (exact) mass is 180 g/mol. The fraction of sp³-hybridized carbons (Fsp3) is 0.636. The zero-order valence-corrected chi connectivity index (χ0v) is 7.87. The van der Waals surface area contributed by atoms with Crippen molar-refractivity contribution in [3.05, 3.63) is 12.2 Å². The molecule has 0 amide bonds. The summed E-state index contributed by atoms with van der Waals surface area (Å²) in [6.07, 6.45) is 13.0. The normalized spacial score (nSPS) is 23.2. The minimum Gasteiger partial charge on any atom is -0.353 e. The predicted octanol–water partition coefficient (Wildman–Crippen LogP) is 2.11. The van der Waals surface area contributed by atoms with Crippen LogP contribution in [0.4, 0.5) is 0 Å². The minimum atomic E-state index is 0.0213. The summed E-state index contributed by atoms with van der Waals surface area (Å²) in [5.41, 5.74) is 0. The van der Waals surface area contributed by atoms with Gasteiger partial charge in [-0.05, 0) is 31.8 Å². The van der Waals surface area contributed by atoms with Crippen LogP contribution in [0.5, 0.6) is 0 Å². The van der Waals surface area contributed by atoms with Gasteiger partial charge in [-0.3, -0.25) is 0 Å². The first-order chi connectivity index (χ1) is 6.43. The van der Waals surface area contributed by atoms with Crippen LogP contribution < -0.4 is 0 Å². The number of ether oxygens (including phenoxy) is 2. The highest BCUT2D eigenvalue weighted by Gasteiger charge is 2.12. The first-order valence-corrected chi connectivity index (χ1v) is 4.78. The van der Waals surface area contributed by atoms with Gasteiger partial charge in [-0.25, -0.2) is 0 Å². The number of rotatable bonds is 4. The minimum absolute atomic E-state index is 0.0213. The van der Waals surface area contributed by atoms with E-state index in [0.29, 0.717) is 6.61 Å². The number of hydrogen-bond acceptors (Lipinski definition) is 2. The molecule has 0 bridgehead atoms. The van der Waals surface area contributed by atoms with Gasteiger partial charge >= 0.3 is 0 Å². The molecule has 1 rings (SSSR count). The fourth-order valence-electron chi connectivity index (χ4n) is 1.26. The molecule has 1 atom stereocenters. The third kappa shape index (κ3) is 4.72. The lowest BCUT2D eigenvalue weighted by atomic mass is 10.2. The molecule has 0 radical (unpaired) electrons. The van der Waals surface area contributed by atoms with Crippen molar-refractivity contribution in [1.29, 1.82) is 0 Å². The van der Waals surface area contributed by atoms with Crippen LogP contribution in [-0.2, 0) is 9.47 Å². The molecule has 72 valence electrons. The molecule has 2 nitrogen and oxygen atoms in total. The van der Waals surface area contributed by atoms with Crippen molar-refractivity contribution in [3.63, 3.8) is 0 Å². The molecule has 1 unspecified atom stereocenters. The van der Waals surface area contributed by atoms with Crippen LogP contribution in [-0.4, -0.2) is 19.5 Å². The van der Waals surface area contributed by atoms with E-state index in [0.717, 1.165) is 25.9 Å². The van der Waals surface area contributed by atoms with Crippen molar-refractivity contribution in [3.8, 4) is 12.3 Å². The van der Waals surface area contributed by atoms with Crippen molar-refractivity contribution >= 4 is 0 Å². The van der Waals surface area contributed by atoms with Gasteiger partial charge in [0, 0.05) is 6.61 Å². The Morgan fingerprint density at radius 1 is 1.54 bits per heavy atom. The van der Waals surface area contributed by atoms with Gasteiger partial charge in [0.15, 0.2) is 6.29 Å². The summed E-state index contributed by atoms with van der Waals surface area (Å²) >= 11 is 0. The Balaban J connectivity index is 1.98. The number of hydrogen-bond donors (Lipinski definition) is 0. The van der Waals surface area contributed by atoms with E-state index >= 15 is 0 Å². The van der Waals surface area contributed by atoms with E-state index in [-0.39, 0.29) is 6.29 Å². The second-order valence-electron chi connectivity index (χ2n) is 3.02. The lowest BCUT2D eigenvalue weighted by Crippen LogP contribution is -2.22. The van der Waals surface area contributed by atoms with Gasteiger partial charge in [-0.1, -0.05) is 12.0 Å². The molecule has 0 saturated carbocycles. The summed E-state index contributed by atoms with van der Waals surface area (Å²) in [7, 11) is 0. The zero-order chi connectivity index (χ0) is 9.36. The topological polar surface area (TPSA) is 18.5 Å². The summed E-state index contributed by atoms with van der Waals surface area (Å²) in [5.74, 6) is 2.44. The van der Waals surface area contributed by atoms with Crippen molar-refractivity contribution < 1.29 is 9.47 Å². The molecule has 0 aromatic heterocycles. The van der Waals surface area contributed by atoms with Gasteiger partial charge in [0.25, 0.3) is 0 Å². The Labute approximate surface area is 79.9 Å². The molecule has 0 aliphatic carbocycles. The van der Waals surface area contributed by atoms with E-state index in [1.165, 1.54) is 6.42 Å². The highest BCUT2D eigenvalue weighted by atomic mass is 16.7. The SMILES string of the molecule is C#C/C=C/CCOC1CCCCO1. The van der Waals surface area contributed by atoms with E-state index in [2.05, 4.69) is 5.92 Å². The summed E-state index contributed by atoms with van der Waals surface area (Å²) in [5, 5.41) is 0. The van der Waals surface area contributed by atoms with Crippen LogP contribution in [0.15, 0.2) is 12.2 Å². The molecule has 0 spiro atoms. The molecule has 2 heteroatoms. The lowest BCUT2D eigenvalue weighted by molar-refractivity contribution is -0.161. The van der Waals surface area contributed by atoms with Crippen LogP contribution in [0.3, 0.4) is 0 Å². The Hall–Kier alpha value is -0.780. The lowest BCUT2D eigenvalue weighted by Gasteiger charge is -2.22. The molecule has 0 aromatic carbocycles. The molecule has 0 N–H and O–H groups in total. The van der Waals surface area contributed by atoms with Gasteiger partial charge in [-0.15, -0.1) is 6.42 Å². The average Bonchev–Trinajstić information content (AvgIpc) is 2.19. The van der Waals surface area contributed by atoms with Crippen LogP contribution in [0.2, 0.25) is 0 Å². The van der Waals surface area contributed by atoms with E-state index in [4.69, 9.17) is 15.9 Å². The molecular weight excluding hydrogens is 164 g/mol. The van der Waals surface area contributed by atoms with Gasteiger partial charge in [0.1, 0.15) is 0 Å². The maximum Gasteiger partial charge on any atom is 0.157 e. The van der Waals surface area contributed by atoms with E-state index in [1.54, 1.807) is 6.08 Å². The van der Waals surface area contributed by atoms with Crippen LogP contribution in [0, 0.1) is 12.3 Å². The largest absolute Gasteiger partial charge is 0.353 e. The molecule has 13 heavy (non-hydrogen) atoms. The van der Waals surface area contributed by atoms with Crippen molar-refractivity contribution in [2.24, 2.45) is 0 Å². The second kappa shape index (κ2) is 6.71. The Morgan fingerprint density at radius 2 is 2.46 bits per heavy atom. The standard InChI is InChI=1S/C11H16O2/c1-2-3-4-6-9-12-11-8-5-7-10-13-11/h1,3-4,11H,5-10H2/b4-3+. The molecular formula is C11H16O2. The highest BCUT2D eigenvalue weighted by molar-refractivity contribution is 5.08.